The van der Waals surface area contributed by atoms with E-state index in [0.717, 1.165) is 25.7 Å². The second kappa shape index (κ2) is 5.60. The van der Waals surface area contributed by atoms with Crippen molar-refractivity contribution in [1.82, 2.24) is 9.78 Å². The number of aromatic carboxylic acids is 1. The van der Waals surface area contributed by atoms with E-state index in [1.807, 2.05) is 0 Å². The van der Waals surface area contributed by atoms with Gasteiger partial charge in [-0.05, 0) is 31.0 Å². The number of carbonyl (C=O) groups is 1. The summed E-state index contributed by atoms with van der Waals surface area (Å²) >= 11 is 3.19. The number of carboxylic acid groups (broad SMARTS) is 1. The SMILES string of the molecule is O=C(O)c1cn(C2CCCC2)nc1-c1ccc(Br)cc1F. The molecule has 1 heterocycles. The summed E-state index contributed by atoms with van der Waals surface area (Å²) in [5, 5.41) is 13.7. The predicted octanol–water partition coefficient (Wildman–Crippen LogP) is 4.27. The van der Waals surface area contributed by atoms with Crippen molar-refractivity contribution in [2.45, 2.75) is 31.7 Å². The summed E-state index contributed by atoms with van der Waals surface area (Å²) in [6, 6.07) is 4.76. The maximum Gasteiger partial charge on any atom is 0.339 e. The van der Waals surface area contributed by atoms with Crippen molar-refractivity contribution in [3.63, 3.8) is 0 Å². The fourth-order valence-corrected chi connectivity index (χ4v) is 3.12. The van der Waals surface area contributed by atoms with Gasteiger partial charge in [-0.15, -0.1) is 0 Å². The maximum atomic E-state index is 14.1. The van der Waals surface area contributed by atoms with Gasteiger partial charge in [-0.2, -0.15) is 5.10 Å². The molecule has 0 radical (unpaired) electrons. The molecule has 110 valence electrons. The first kappa shape index (κ1) is 14.3. The fourth-order valence-electron chi connectivity index (χ4n) is 2.78. The van der Waals surface area contributed by atoms with Crippen LogP contribution >= 0.6 is 15.9 Å². The first-order chi connectivity index (χ1) is 10.1. The van der Waals surface area contributed by atoms with Crippen LogP contribution in [0.3, 0.4) is 0 Å². The summed E-state index contributed by atoms with van der Waals surface area (Å²) in [5.74, 6) is -1.57. The minimum absolute atomic E-state index is 0.0446. The van der Waals surface area contributed by atoms with Gasteiger partial charge < -0.3 is 5.11 Å². The van der Waals surface area contributed by atoms with Crippen LogP contribution in [0.15, 0.2) is 28.9 Å². The number of halogens is 2. The van der Waals surface area contributed by atoms with Crippen molar-refractivity contribution < 1.29 is 14.3 Å². The largest absolute Gasteiger partial charge is 0.478 e. The van der Waals surface area contributed by atoms with E-state index in [4.69, 9.17) is 0 Å². The number of hydrogen-bond donors (Lipinski definition) is 1. The second-order valence-corrected chi connectivity index (χ2v) is 6.15. The topological polar surface area (TPSA) is 55.1 Å². The third-order valence-electron chi connectivity index (χ3n) is 3.85. The van der Waals surface area contributed by atoms with Crippen molar-refractivity contribution >= 4 is 21.9 Å². The Morgan fingerprint density at radius 2 is 2.10 bits per heavy atom. The van der Waals surface area contributed by atoms with Gasteiger partial charge in [0, 0.05) is 16.2 Å². The van der Waals surface area contributed by atoms with E-state index >= 15 is 0 Å². The highest BCUT2D eigenvalue weighted by molar-refractivity contribution is 9.10. The molecule has 1 fully saturated rings. The monoisotopic (exact) mass is 352 g/mol. The Balaban J connectivity index is 2.09. The van der Waals surface area contributed by atoms with Crippen LogP contribution in [-0.4, -0.2) is 20.9 Å². The molecule has 1 N–H and O–H groups in total. The van der Waals surface area contributed by atoms with Crippen LogP contribution in [0.25, 0.3) is 11.3 Å². The summed E-state index contributed by atoms with van der Waals surface area (Å²) in [7, 11) is 0. The van der Waals surface area contributed by atoms with Gasteiger partial charge in [0.2, 0.25) is 0 Å². The highest BCUT2D eigenvalue weighted by Crippen LogP contribution is 2.33. The maximum absolute atomic E-state index is 14.1. The van der Waals surface area contributed by atoms with Gasteiger partial charge in [0.05, 0.1) is 6.04 Å². The Kier molecular flexibility index (Phi) is 3.80. The molecule has 0 amide bonds. The summed E-state index contributed by atoms with van der Waals surface area (Å²) in [6.07, 6.45) is 5.74. The molecule has 1 saturated carbocycles. The van der Waals surface area contributed by atoms with Crippen LogP contribution in [0.4, 0.5) is 4.39 Å². The lowest BCUT2D eigenvalue weighted by Gasteiger charge is -2.08. The first-order valence-electron chi connectivity index (χ1n) is 6.84. The molecule has 1 aliphatic rings. The number of hydrogen-bond acceptors (Lipinski definition) is 2. The van der Waals surface area contributed by atoms with Crippen LogP contribution in [-0.2, 0) is 0 Å². The Bertz CT molecular complexity index is 693. The lowest BCUT2D eigenvalue weighted by molar-refractivity contribution is 0.0697. The Morgan fingerprint density at radius 3 is 2.71 bits per heavy atom. The third-order valence-corrected chi connectivity index (χ3v) is 4.34. The highest BCUT2D eigenvalue weighted by Gasteiger charge is 2.24. The van der Waals surface area contributed by atoms with Crippen LogP contribution in [0.2, 0.25) is 0 Å². The Labute approximate surface area is 129 Å². The summed E-state index contributed by atoms with van der Waals surface area (Å²) in [5.41, 5.74) is 0.454. The number of benzene rings is 1. The van der Waals surface area contributed by atoms with Crippen molar-refractivity contribution in [1.29, 1.82) is 0 Å². The average molecular weight is 353 g/mol. The molecule has 6 heteroatoms. The highest BCUT2D eigenvalue weighted by atomic mass is 79.9. The minimum atomic E-state index is -1.09. The van der Waals surface area contributed by atoms with Crippen molar-refractivity contribution in [3.8, 4) is 11.3 Å². The second-order valence-electron chi connectivity index (χ2n) is 5.24. The smallest absolute Gasteiger partial charge is 0.339 e. The molecule has 1 aromatic carbocycles. The molecule has 3 rings (SSSR count). The summed E-state index contributed by atoms with van der Waals surface area (Å²) in [4.78, 5) is 11.4. The van der Waals surface area contributed by atoms with Crippen molar-refractivity contribution in [2.75, 3.05) is 0 Å². The molecule has 0 unspecified atom stereocenters. The molecule has 0 spiro atoms. The average Bonchev–Trinajstić information content (AvgIpc) is 3.07. The van der Waals surface area contributed by atoms with Crippen LogP contribution in [0, 0.1) is 5.82 Å². The normalized spacial score (nSPS) is 15.5. The van der Waals surface area contributed by atoms with Crippen molar-refractivity contribution in [2.24, 2.45) is 0 Å². The zero-order valence-corrected chi connectivity index (χ0v) is 12.8. The van der Waals surface area contributed by atoms with E-state index in [9.17, 15) is 14.3 Å². The standard InChI is InChI=1S/C15H14BrFN2O2/c16-9-5-6-11(13(17)7-9)14-12(15(20)21)8-19(18-14)10-3-1-2-4-10/h5-8,10H,1-4H2,(H,20,21). The molecular formula is C15H14BrFN2O2. The molecule has 1 aliphatic carbocycles. The number of carboxylic acids is 1. The lowest BCUT2D eigenvalue weighted by Crippen LogP contribution is -2.05. The van der Waals surface area contributed by atoms with Crippen LogP contribution in [0.5, 0.6) is 0 Å². The van der Waals surface area contributed by atoms with E-state index in [1.54, 1.807) is 16.8 Å². The zero-order valence-electron chi connectivity index (χ0n) is 11.2. The third kappa shape index (κ3) is 2.72. The van der Waals surface area contributed by atoms with E-state index < -0.39 is 11.8 Å². The van der Waals surface area contributed by atoms with Crippen LogP contribution < -0.4 is 0 Å². The molecule has 0 aliphatic heterocycles. The van der Waals surface area contributed by atoms with E-state index in [-0.39, 0.29) is 22.9 Å². The molecule has 2 aromatic rings. The van der Waals surface area contributed by atoms with Gasteiger partial charge >= 0.3 is 5.97 Å². The van der Waals surface area contributed by atoms with Gasteiger partial charge in [-0.25, -0.2) is 9.18 Å². The van der Waals surface area contributed by atoms with Gasteiger partial charge in [0.25, 0.3) is 0 Å². The van der Waals surface area contributed by atoms with Crippen molar-refractivity contribution in [3.05, 3.63) is 40.2 Å². The molecule has 0 saturated heterocycles. The van der Waals surface area contributed by atoms with E-state index in [1.165, 1.54) is 12.3 Å². The molecule has 1 aromatic heterocycles. The molecule has 0 bridgehead atoms. The Morgan fingerprint density at radius 1 is 1.38 bits per heavy atom. The summed E-state index contributed by atoms with van der Waals surface area (Å²) < 4.78 is 16.4. The molecule has 0 atom stereocenters. The number of rotatable bonds is 3. The number of nitrogens with zero attached hydrogens (tertiary/aromatic N) is 2. The molecule has 21 heavy (non-hydrogen) atoms. The van der Waals surface area contributed by atoms with Gasteiger partial charge in [0.1, 0.15) is 17.1 Å². The van der Waals surface area contributed by atoms with Gasteiger partial charge in [0.15, 0.2) is 0 Å². The predicted molar refractivity (Wildman–Crippen MR) is 79.8 cm³/mol. The Hall–Kier alpha value is -1.69. The summed E-state index contributed by atoms with van der Waals surface area (Å²) in [6.45, 7) is 0. The molecular weight excluding hydrogens is 339 g/mol. The van der Waals surface area contributed by atoms with Crippen LogP contribution in [0.1, 0.15) is 42.1 Å². The number of aromatic nitrogens is 2. The first-order valence-corrected chi connectivity index (χ1v) is 7.63. The zero-order chi connectivity index (χ0) is 15.0. The fraction of sp³-hybridized carbons (Fsp3) is 0.333. The van der Waals surface area contributed by atoms with Gasteiger partial charge in [-0.1, -0.05) is 28.8 Å². The van der Waals surface area contributed by atoms with Gasteiger partial charge in [-0.3, -0.25) is 4.68 Å². The van der Waals surface area contributed by atoms with E-state index in [0.29, 0.717) is 4.47 Å². The van der Waals surface area contributed by atoms with E-state index in [2.05, 4.69) is 21.0 Å². The quantitative estimate of drug-likeness (QED) is 0.897. The lowest BCUT2D eigenvalue weighted by atomic mass is 10.1. The molecule has 4 nitrogen and oxygen atoms in total. The minimum Gasteiger partial charge on any atom is -0.478 e.